The molecule has 0 bridgehead atoms. The average Bonchev–Trinajstić information content (AvgIpc) is 3.38. The van der Waals surface area contributed by atoms with E-state index in [1.54, 1.807) is 17.1 Å². The second-order valence-electron chi connectivity index (χ2n) is 6.75. The molecule has 4 aromatic rings. The molecule has 0 amide bonds. The minimum atomic E-state index is 0.314. The van der Waals surface area contributed by atoms with Gasteiger partial charge in [-0.1, -0.05) is 0 Å². The van der Waals surface area contributed by atoms with Crippen molar-refractivity contribution >= 4 is 11.5 Å². The second-order valence-corrected chi connectivity index (χ2v) is 6.75. The van der Waals surface area contributed by atoms with Gasteiger partial charge in [-0.3, -0.25) is 4.98 Å². The number of hydrogen-bond donors (Lipinski definition) is 0. The van der Waals surface area contributed by atoms with Gasteiger partial charge in [0.05, 0.1) is 11.9 Å². The lowest BCUT2D eigenvalue weighted by atomic mass is 9.96. The minimum absolute atomic E-state index is 0.314. The fourth-order valence-electron chi connectivity index (χ4n) is 3.55. The summed E-state index contributed by atoms with van der Waals surface area (Å²) in [4.78, 5) is 11.1. The van der Waals surface area contributed by atoms with Gasteiger partial charge in [-0.05, 0) is 38.0 Å². The van der Waals surface area contributed by atoms with Crippen molar-refractivity contribution in [3.05, 3.63) is 54.5 Å². The molecule has 0 atom stereocenters. The zero-order valence-electron chi connectivity index (χ0n) is 15.0. The van der Waals surface area contributed by atoms with Crippen molar-refractivity contribution in [1.82, 2.24) is 39.6 Å². The molecule has 0 N–H and O–H groups in total. The molecule has 1 aliphatic rings. The highest BCUT2D eigenvalue weighted by molar-refractivity contribution is 5.41. The maximum atomic E-state index is 4.70. The number of hydrogen-bond acceptors (Lipinski definition) is 7. The molecule has 27 heavy (non-hydrogen) atoms. The summed E-state index contributed by atoms with van der Waals surface area (Å²) in [7, 11) is 0. The maximum absolute atomic E-state index is 4.70. The Labute approximate surface area is 155 Å². The number of aromatic nitrogens is 8. The van der Waals surface area contributed by atoms with Crippen LogP contribution in [-0.2, 0) is 0 Å². The normalized spacial score (nSPS) is 15.5. The highest BCUT2D eigenvalue weighted by atomic mass is 15.4. The number of piperidine rings is 1. The number of fused-ring (bicyclic) bond motifs is 1. The van der Waals surface area contributed by atoms with Crippen LogP contribution in [0.2, 0.25) is 0 Å². The Balaban J connectivity index is 1.39. The van der Waals surface area contributed by atoms with Crippen LogP contribution in [-0.4, -0.2) is 52.6 Å². The molecule has 5 heterocycles. The van der Waals surface area contributed by atoms with E-state index in [0.29, 0.717) is 5.92 Å². The van der Waals surface area contributed by atoms with Crippen LogP contribution in [0.4, 0.5) is 5.82 Å². The van der Waals surface area contributed by atoms with Gasteiger partial charge in [-0.15, -0.1) is 15.3 Å². The third-order valence-electron chi connectivity index (χ3n) is 4.94. The van der Waals surface area contributed by atoms with E-state index in [1.165, 1.54) is 0 Å². The summed E-state index contributed by atoms with van der Waals surface area (Å²) in [6.07, 6.45) is 9.18. The van der Waals surface area contributed by atoms with E-state index in [2.05, 4.69) is 30.2 Å². The predicted molar refractivity (Wildman–Crippen MR) is 98.9 cm³/mol. The van der Waals surface area contributed by atoms with Crippen LogP contribution < -0.4 is 4.90 Å². The lowest BCUT2D eigenvalue weighted by Crippen LogP contribution is -2.34. The molecule has 1 fully saturated rings. The quantitative estimate of drug-likeness (QED) is 0.549. The van der Waals surface area contributed by atoms with Gasteiger partial charge in [0.15, 0.2) is 17.3 Å². The highest BCUT2D eigenvalue weighted by Gasteiger charge is 2.26. The SMILES string of the molecule is Cc1cncc(N2CCC(c3nnc4ccc(-n5cccn5)nn34)CC2)n1. The smallest absolute Gasteiger partial charge is 0.178 e. The van der Waals surface area contributed by atoms with Gasteiger partial charge in [0, 0.05) is 37.6 Å². The predicted octanol–water partition coefficient (Wildman–Crippen LogP) is 1.79. The number of rotatable bonds is 3. The molecule has 9 nitrogen and oxygen atoms in total. The summed E-state index contributed by atoms with van der Waals surface area (Å²) in [5.74, 6) is 2.92. The van der Waals surface area contributed by atoms with E-state index in [0.717, 1.165) is 54.7 Å². The summed E-state index contributed by atoms with van der Waals surface area (Å²) in [5.41, 5.74) is 1.70. The molecule has 136 valence electrons. The molecule has 0 spiro atoms. The van der Waals surface area contributed by atoms with E-state index in [9.17, 15) is 0 Å². The molecule has 9 heteroatoms. The molecule has 0 saturated carbocycles. The highest BCUT2D eigenvalue weighted by Crippen LogP contribution is 2.28. The first-order valence-corrected chi connectivity index (χ1v) is 9.04. The Morgan fingerprint density at radius 1 is 1.04 bits per heavy atom. The summed E-state index contributed by atoms with van der Waals surface area (Å²) < 4.78 is 3.59. The molecule has 0 radical (unpaired) electrons. The second kappa shape index (κ2) is 6.42. The van der Waals surface area contributed by atoms with Gasteiger partial charge >= 0.3 is 0 Å². The first-order valence-electron chi connectivity index (χ1n) is 9.04. The monoisotopic (exact) mass is 361 g/mol. The Morgan fingerprint density at radius 3 is 2.70 bits per heavy atom. The molecule has 5 rings (SSSR count). The molecule has 1 saturated heterocycles. The standard InChI is InChI=1S/C18H19N9/c1-13-11-19-12-17(21-13)25-9-5-14(6-10-25)18-23-22-15-3-4-16(24-27(15)18)26-8-2-7-20-26/h2-4,7-8,11-12,14H,5-6,9-10H2,1H3. The summed E-state index contributed by atoms with van der Waals surface area (Å²) in [5, 5.41) is 17.7. The van der Waals surface area contributed by atoms with E-state index in [1.807, 2.05) is 42.0 Å². The fraction of sp³-hybridized carbons (Fsp3) is 0.333. The van der Waals surface area contributed by atoms with E-state index in [-0.39, 0.29) is 0 Å². The molecule has 1 aliphatic heterocycles. The first kappa shape index (κ1) is 15.9. The lowest BCUT2D eigenvalue weighted by molar-refractivity contribution is 0.474. The van der Waals surface area contributed by atoms with Crippen molar-refractivity contribution in [3.63, 3.8) is 0 Å². The van der Waals surface area contributed by atoms with Crippen molar-refractivity contribution in [2.45, 2.75) is 25.7 Å². The van der Waals surface area contributed by atoms with Gasteiger partial charge < -0.3 is 4.90 Å². The molecule has 0 aromatic carbocycles. The molecule has 4 aromatic heterocycles. The molecular formula is C18H19N9. The van der Waals surface area contributed by atoms with Crippen LogP contribution in [0.25, 0.3) is 11.5 Å². The Kier molecular flexibility index (Phi) is 3.77. The third kappa shape index (κ3) is 2.90. The summed E-state index contributed by atoms with van der Waals surface area (Å²) in [6.45, 7) is 3.79. The Morgan fingerprint density at radius 2 is 1.93 bits per heavy atom. The van der Waals surface area contributed by atoms with E-state index in [4.69, 9.17) is 5.10 Å². The fourth-order valence-corrected chi connectivity index (χ4v) is 3.55. The van der Waals surface area contributed by atoms with Crippen LogP contribution >= 0.6 is 0 Å². The van der Waals surface area contributed by atoms with Gasteiger partial charge in [-0.2, -0.15) is 9.61 Å². The summed E-state index contributed by atoms with van der Waals surface area (Å²) >= 11 is 0. The molecule has 0 unspecified atom stereocenters. The lowest BCUT2D eigenvalue weighted by Gasteiger charge is -2.31. The van der Waals surface area contributed by atoms with Crippen LogP contribution in [0, 0.1) is 6.92 Å². The van der Waals surface area contributed by atoms with Gasteiger partial charge in [0.25, 0.3) is 0 Å². The zero-order chi connectivity index (χ0) is 18.2. The number of aryl methyl sites for hydroxylation is 1. The zero-order valence-corrected chi connectivity index (χ0v) is 15.0. The van der Waals surface area contributed by atoms with Crippen molar-refractivity contribution in [1.29, 1.82) is 0 Å². The van der Waals surface area contributed by atoms with Crippen LogP contribution in [0.5, 0.6) is 0 Å². The van der Waals surface area contributed by atoms with Crippen molar-refractivity contribution in [3.8, 4) is 5.82 Å². The van der Waals surface area contributed by atoms with Crippen molar-refractivity contribution in [2.24, 2.45) is 0 Å². The number of nitrogens with zero attached hydrogens (tertiary/aromatic N) is 9. The van der Waals surface area contributed by atoms with Crippen LogP contribution in [0.1, 0.15) is 30.3 Å². The molecular weight excluding hydrogens is 342 g/mol. The largest absolute Gasteiger partial charge is 0.355 e. The number of anilines is 1. The van der Waals surface area contributed by atoms with Crippen LogP contribution in [0.3, 0.4) is 0 Å². The average molecular weight is 361 g/mol. The van der Waals surface area contributed by atoms with Crippen molar-refractivity contribution in [2.75, 3.05) is 18.0 Å². The van der Waals surface area contributed by atoms with Gasteiger partial charge in [0.1, 0.15) is 5.82 Å². The summed E-state index contributed by atoms with van der Waals surface area (Å²) in [6, 6.07) is 5.71. The minimum Gasteiger partial charge on any atom is -0.355 e. The van der Waals surface area contributed by atoms with Gasteiger partial charge in [-0.25, -0.2) is 9.67 Å². The maximum Gasteiger partial charge on any atom is 0.178 e. The van der Waals surface area contributed by atoms with Crippen molar-refractivity contribution < 1.29 is 0 Å². The van der Waals surface area contributed by atoms with E-state index >= 15 is 0 Å². The van der Waals surface area contributed by atoms with E-state index < -0.39 is 0 Å². The topological polar surface area (TPSA) is 89.9 Å². The third-order valence-corrected chi connectivity index (χ3v) is 4.94. The molecule has 0 aliphatic carbocycles. The van der Waals surface area contributed by atoms with Crippen LogP contribution in [0.15, 0.2) is 43.0 Å². The Bertz CT molecular complexity index is 1060. The Hall–Kier alpha value is -3.36. The van der Waals surface area contributed by atoms with Gasteiger partial charge in [0.2, 0.25) is 0 Å². The first-order chi connectivity index (χ1) is 13.3.